The zero-order valence-electron chi connectivity index (χ0n) is 12.2. The first-order chi connectivity index (χ1) is 11.2. The van der Waals surface area contributed by atoms with Crippen molar-refractivity contribution in [2.75, 3.05) is 0 Å². The van der Waals surface area contributed by atoms with Gasteiger partial charge in [-0.15, -0.1) is 4.83 Å². The third-order valence-electron chi connectivity index (χ3n) is 2.98. The van der Waals surface area contributed by atoms with Gasteiger partial charge in [0.05, 0.1) is 15.4 Å². The Bertz CT molecular complexity index is 899. The number of carbonyl (C=O) groups is 1. The second-order valence-electron chi connectivity index (χ2n) is 4.63. The maximum Gasteiger partial charge on any atom is 0.273 e. The van der Waals surface area contributed by atoms with Crippen LogP contribution in [-0.4, -0.2) is 24.2 Å². The monoisotopic (exact) mass is 370 g/mol. The predicted octanol–water partition coefficient (Wildman–Crippen LogP) is 1.57. The Morgan fingerprint density at radius 2 is 2.00 bits per heavy atom. The quantitative estimate of drug-likeness (QED) is 0.466. The lowest BCUT2D eigenvalue weighted by Gasteiger charge is -2.09. The lowest BCUT2D eigenvalue weighted by molar-refractivity contribution is -0.385. The third kappa shape index (κ3) is 4.04. The fraction of sp³-hybridized carbons (Fsp3) is 0.0769. The Labute approximate surface area is 141 Å². The van der Waals surface area contributed by atoms with Gasteiger partial charge < -0.3 is 0 Å². The number of nitro groups is 1. The van der Waals surface area contributed by atoms with Crippen LogP contribution in [0.5, 0.6) is 0 Å². The third-order valence-corrected chi connectivity index (χ3v) is 4.45. The summed E-state index contributed by atoms with van der Waals surface area (Å²) in [4.78, 5) is 27.2. The Kier molecular flexibility index (Phi) is 5.12. The van der Waals surface area contributed by atoms with Crippen molar-refractivity contribution in [3.8, 4) is 0 Å². The molecule has 9 nitrogen and oxygen atoms in total. The zero-order chi connectivity index (χ0) is 17.9. The minimum Gasteiger partial charge on any atom is -0.273 e. The van der Waals surface area contributed by atoms with Crippen LogP contribution in [0.2, 0.25) is 5.15 Å². The highest BCUT2D eigenvalue weighted by Gasteiger charge is 2.20. The van der Waals surface area contributed by atoms with Crippen molar-refractivity contribution < 1.29 is 18.1 Å². The van der Waals surface area contributed by atoms with Gasteiger partial charge in [-0.3, -0.25) is 20.3 Å². The van der Waals surface area contributed by atoms with Crippen molar-refractivity contribution in [1.29, 1.82) is 0 Å². The normalized spacial score (nSPS) is 11.1. The van der Waals surface area contributed by atoms with Crippen LogP contribution >= 0.6 is 11.6 Å². The number of benzene rings is 1. The lowest BCUT2D eigenvalue weighted by Crippen LogP contribution is -2.41. The van der Waals surface area contributed by atoms with E-state index >= 15 is 0 Å². The van der Waals surface area contributed by atoms with Crippen LogP contribution in [0.15, 0.2) is 41.4 Å². The number of hydrazine groups is 1. The smallest absolute Gasteiger partial charge is 0.273 e. The number of nitrogens with one attached hydrogen (secondary N) is 2. The average Bonchev–Trinajstić information content (AvgIpc) is 2.53. The van der Waals surface area contributed by atoms with Crippen molar-refractivity contribution in [3.63, 3.8) is 0 Å². The maximum atomic E-state index is 12.1. The van der Waals surface area contributed by atoms with E-state index in [1.165, 1.54) is 37.4 Å². The van der Waals surface area contributed by atoms with Gasteiger partial charge in [0.2, 0.25) is 0 Å². The minimum absolute atomic E-state index is 0.0805. The molecule has 0 bridgehead atoms. The Morgan fingerprint density at radius 1 is 1.29 bits per heavy atom. The zero-order valence-corrected chi connectivity index (χ0v) is 13.8. The first-order valence-electron chi connectivity index (χ1n) is 6.39. The maximum absolute atomic E-state index is 12.1. The molecule has 0 radical (unpaired) electrons. The molecule has 0 aliphatic rings. The van der Waals surface area contributed by atoms with Gasteiger partial charge in [0.1, 0.15) is 5.15 Å². The number of nitrogens with zero attached hydrogens (tertiary/aromatic N) is 2. The van der Waals surface area contributed by atoms with Gasteiger partial charge in [-0.05, 0) is 25.1 Å². The molecule has 2 N–H and O–H groups in total. The molecule has 0 fully saturated rings. The summed E-state index contributed by atoms with van der Waals surface area (Å²) in [7, 11) is -4.18. The van der Waals surface area contributed by atoms with E-state index in [2.05, 4.69) is 4.98 Å². The summed E-state index contributed by atoms with van der Waals surface area (Å²) in [5, 5.41) is 11.1. The SMILES string of the molecule is Cc1ccc(S(=O)(=O)NNC(=O)c2ccc(Cl)nc2)cc1[N+](=O)[O-]. The first-order valence-corrected chi connectivity index (χ1v) is 8.25. The van der Waals surface area contributed by atoms with E-state index < -0.39 is 20.9 Å². The van der Waals surface area contributed by atoms with Crippen LogP contribution in [0.25, 0.3) is 0 Å². The number of nitro benzene ring substituents is 1. The Morgan fingerprint density at radius 3 is 2.58 bits per heavy atom. The van der Waals surface area contributed by atoms with Gasteiger partial charge in [0.15, 0.2) is 0 Å². The van der Waals surface area contributed by atoms with Crippen molar-refractivity contribution in [1.82, 2.24) is 15.2 Å². The molecular formula is C13H11ClN4O5S. The molecule has 1 aromatic carbocycles. The fourth-order valence-electron chi connectivity index (χ4n) is 1.71. The number of hydrogen-bond donors (Lipinski definition) is 2. The Hall–Kier alpha value is -2.56. The number of carbonyl (C=O) groups excluding carboxylic acids is 1. The summed E-state index contributed by atoms with van der Waals surface area (Å²) in [6, 6.07) is 6.13. The van der Waals surface area contributed by atoms with E-state index in [0.717, 1.165) is 6.07 Å². The number of sulfonamides is 1. The largest absolute Gasteiger partial charge is 0.273 e. The van der Waals surface area contributed by atoms with E-state index in [0.29, 0.717) is 5.56 Å². The van der Waals surface area contributed by atoms with E-state index in [9.17, 15) is 23.3 Å². The second-order valence-corrected chi connectivity index (χ2v) is 6.70. The summed E-state index contributed by atoms with van der Waals surface area (Å²) in [6.45, 7) is 1.48. The number of pyridine rings is 1. The molecule has 1 amide bonds. The standard InChI is InChI=1S/C13H11ClN4O5S/c1-8-2-4-10(6-11(8)18(20)21)24(22,23)17-16-13(19)9-3-5-12(14)15-7-9/h2-7,17H,1H3,(H,16,19). The number of aryl methyl sites for hydroxylation is 1. The summed E-state index contributed by atoms with van der Waals surface area (Å²) < 4.78 is 24.2. The van der Waals surface area contributed by atoms with Crippen LogP contribution in [0.4, 0.5) is 5.69 Å². The molecule has 0 saturated carbocycles. The van der Waals surface area contributed by atoms with Gasteiger partial charge in [0, 0.05) is 17.8 Å². The summed E-state index contributed by atoms with van der Waals surface area (Å²) in [5.74, 6) is -0.760. The molecule has 0 aliphatic carbocycles. The lowest BCUT2D eigenvalue weighted by atomic mass is 10.2. The topological polar surface area (TPSA) is 131 Å². The van der Waals surface area contributed by atoms with Gasteiger partial charge in [-0.1, -0.05) is 17.7 Å². The molecule has 126 valence electrons. The molecule has 0 aliphatic heterocycles. The molecule has 0 spiro atoms. The highest BCUT2D eigenvalue weighted by Crippen LogP contribution is 2.21. The van der Waals surface area contributed by atoms with Gasteiger partial charge in [-0.25, -0.2) is 13.4 Å². The number of hydrogen-bond acceptors (Lipinski definition) is 6. The van der Waals surface area contributed by atoms with Crippen LogP contribution in [0.1, 0.15) is 15.9 Å². The number of amides is 1. The van der Waals surface area contributed by atoms with Crippen LogP contribution in [0, 0.1) is 17.0 Å². The van der Waals surface area contributed by atoms with Gasteiger partial charge in [-0.2, -0.15) is 0 Å². The number of halogens is 1. The molecule has 24 heavy (non-hydrogen) atoms. The summed E-state index contributed by atoms with van der Waals surface area (Å²) in [5.41, 5.74) is 2.04. The molecule has 2 rings (SSSR count). The molecule has 1 aromatic heterocycles. The molecular weight excluding hydrogens is 360 g/mol. The van der Waals surface area contributed by atoms with E-state index in [1.54, 1.807) is 0 Å². The predicted molar refractivity (Wildman–Crippen MR) is 84.9 cm³/mol. The van der Waals surface area contributed by atoms with Crippen LogP contribution < -0.4 is 10.3 Å². The first kappa shape index (κ1) is 17.8. The van der Waals surface area contributed by atoms with Crippen molar-refractivity contribution >= 4 is 33.2 Å². The van der Waals surface area contributed by atoms with Crippen LogP contribution in [0.3, 0.4) is 0 Å². The minimum atomic E-state index is -4.18. The van der Waals surface area contributed by atoms with Gasteiger partial charge >= 0.3 is 0 Å². The molecule has 11 heteroatoms. The van der Waals surface area contributed by atoms with Gasteiger partial charge in [0.25, 0.3) is 21.6 Å². The van der Waals surface area contributed by atoms with E-state index in [-0.39, 0.29) is 21.3 Å². The highest BCUT2D eigenvalue weighted by molar-refractivity contribution is 7.89. The average molecular weight is 371 g/mol. The van der Waals surface area contributed by atoms with Crippen molar-refractivity contribution in [3.05, 3.63) is 62.9 Å². The Balaban J connectivity index is 2.17. The number of rotatable bonds is 5. The highest BCUT2D eigenvalue weighted by atomic mass is 35.5. The second kappa shape index (κ2) is 6.91. The number of aromatic nitrogens is 1. The van der Waals surface area contributed by atoms with Crippen molar-refractivity contribution in [2.24, 2.45) is 0 Å². The van der Waals surface area contributed by atoms with Crippen LogP contribution in [-0.2, 0) is 10.0 Å². The summed E-state index contributed by atoms with van der Waals surface area (Å²) >= 11 is 5.59. The van der Waals surface area contributed by atoms with E-state index in [4.69, 9.17) is 11.6 Å². The fourth-order valence-corrected chi connectivity index (χ4v) is 2.68. The summed E-state index contributed by atoms with van der Waals surface area (Å²) in [6.07, 6.45) is 1.17. The molecule has 0 unspecified atom stereocenters. The molecule has 1 heterocycles. The molecule has 0 saturated heterocycles. The van der Waals surface area contributed by atoms with Crippen molar-refractivity contribution in [2.45, 2.75) is 11.8 Å². The molecule has 0 atom stereocenters. The molecule has 2 aromatic rings. The van der Waals surface area contributed by atoms with E-state index in [1.807, 2.05) is 10.3 Å².